The lowest BCUT2D eigenvalue weighted by Gasteiger charge is -2.15. The Morgan fingerprint density at radius 1 is 0.683 bits per heavy atom. The van der Waals surface area contributed by atoms with Crippen molar-refractivity contribution in [3.8, 4) is 0 Å². The summed E-state index contributed by atoms with van der Waals surface area (Å²) < 4.78 is 73.2. The Bertz CT molecular complexity index is 2100. The van der Waals surface area contributed by atoms with Gasteiger partial charge in [0, 0.05) is 6.54 Å². The molecule has 0 unspecified atom stereocenters. The molecule has 0 aliphatic rings. The van der Waals surface area contributed by atoms with Crippen LogP contribution < -0.4 is 4.72 Å². The third kappa shape index (κ3) is 5.05. The number of aromatic nitrogens is 3. The van der Waals surface area contributed by atoms with Gasteiger partial charge in [-0.1, -0.05) is 60.7 Å². The molecule has 0 radical (unpaired) electrons. The summed E-state index contributed by atoms with van der Waals surface area (Å²) in [6, 6.07) is 28.6. The van der Waals surface area contributed by atoms with Gasteiger partial charge in [0.25, 0.3) is 10.0 Å². The maximum Gasteiger partial charge on any atom is 0.263 e. The number of sulfonamides is 1. The number of nitrogens with one attached hydrogen (secondary N) is 1. The van der Waals surface area contributed by atoms with Crippen molar-refractivity contribution in [3.05, 3.63) is 121 Å². The van der Waals surface area contributed by atoms with E-state index in [9.17, 15) is 21.2 Å². The van der Waals surface area contributed by atoms with Crippen LogP contribution in [0, 0.1) is 5.82 Å². The molecule has 8 nitrogen and oxygen atoms in total. The smallest absolute Gasteiger partial charge is 0.263 e. The molecule has 0 saturated heterocycles. The quantitative estimate of drug-likeness (QED) is 0.249. The molecule has 6 aromatic rings. The average Bonchev–Trinajstić information content (AvgIpc) is 3.27. The molecule has 2 aromatic heterocycles. The topological polar surface area (TPSA) is 111 Å². The Balaban J connectivity index is 1.65. The minimum atomic E-state index is -4.35. The fourth-order valence-electron chi connectivity index (χ4n) is 4.65. The molecule has 0 atom stereocenters. The fourth-order valence-corrected chi connectivity index (χ4v) is 7.35. The van der Waals surface area contributed by atoms with Crippen molar-refractivity contribution in [2.45, 2.75) is 27.7 Å². The monoisotopic (exact) mass is 586 g/mol. The van der Waals surface area contributed by atoms with Crippen molar-refractivity contribution in [2.75, 3.05) is 4.72 Å². The molecule has 11 heteroatoms. The van der Waals surface area contributed by atoms with Crippen molar-refractivity contribution in [2.24, 2.45) is 0 Å². The third-order valence-electron chi connectivity index (χ3n) is 6.65. The number of fused-ring (bicyclic) bond motifs is 2. The van der Waals surface area contributed by atoms with E-state index >= 15 is 0 Å². The molecule has 0 bridgehead atoms. The number of halogens is 1. The molecular weight excluding hydrogens is 563 g/mol. The summed E-state index contributed by atoms with van der Waals surface area (Å²) in [6.45, 7) is 0.194. The van der Waals surface area contributed by atoms with E-state index in [-0.39, 0.29) is 38.2 Å². The van der Waals surface area contributed by atoms with E-state index in [1.54, 1.807) is 47.0 Å². The number of sulfone groups is 1. The lowest BCUT2D eigenvalue weighted by molar-refractivity contribution is 0.596. The Hall–Kier alpha value is -4.61. The number of hydrogen-bond acceptors (Lipinski definition) is 6. The maximum absolute atomic E-state index is 14.2. The summed E-state index contributed by atoms with van der Waals surface area (Å²) in [5.41, 5.74) is 2.19. The van der Waals surface area contributed by atoms with Crippen LogP contribution in [-0.2, 0) is 32.8 Å². The van der Waals surface area contributed by atoms with Gasteiger partial charge in [0.15, 0.2) is 5.65 Å². The first-order valence-electron chi connectivity index (χ1n) is 12.7. The van der Waals surface area contributed by atoms with E-state index in [1.807, 2.05) is 30.3 Å². The van der Waals surface area contributed by atoms with Gasteiger partial charge in [-0.3, -0.25) is 4.72 Å². The third-order valence-corrected chi connectivity index (χ3v) is 9.82. The minimum absolute atomic E-state index is 0.0284. The van der Waals surface area contributed by atoms with Gasteiger partial charge in [-0.25, -0.2) is 31.2 Å². The predicted molar refractivity (Wildman–Crippen MR) is 154 cm³/mol. The Morgan fingerprint density at radius 3 is 1.93 bits per heavy atom. The molecule has 0 fully saturated rings. The number of benzene rings is 4. The molecule has 0 spiro atoms. The van der Waals surface area contributed by atoms with Crippen LogP contribution in [0.3, 0.4) is 0 Å². The fraction of sp³-hybridized carbons (Fsp3) is 0.0667. The van der Waals surface area contributed by atoms with Crippen LogP contribution in [0.1, 0.15) is 5.56 Å². The molecule has 206 valence electrons. The maximum atomic E-state index is 14.2. The van der Waals surface area contributed by atoms with E-state index in [0.29, 0.717) is 17.5 Å². The van der Waals surface area contributed by atoms with E-state index in [0.717, 1.165) is 29.8 Å². The van der Waals surface area contributed by atoms with Crippen LogP contribution in [0.25, 0.3) is 22.2 Å². The van der Waals surface area contributed by atoms with Gasteiger partial charge in [0.2, 0.25) is 9.84 Å². The lowest BCUT2D eigenvalue weighted by atomic mass is 10.1. The van der Waals surface area contributed by atoms with Gasteiger partial charge >= 0.3 is 0 Å². The van der Waals surface area contributed by atoms with Crippen molar-refractivity contribution >= 4 is 47.9 Å². The molecule has 0 aliphatic heterocycles. The SMILES string of the molecule is O=S(=O)(Nc1c(S(=O)(=O)c2ccccc2)c2nc3ccccc3nc2n1CCc1ccccc1)c1ccc(F)cc1. The van der Waals surface area contributed by atoms with Crippen molar-refractivity contribution in [3.63, 3.8) is 0 Å². The van der Waals surface area contributed by atoms with E-state index < -0.39 is 25.7 Å². The van der Waals surface area contributed by atoms with Crippen molar-refractivity contribution < 1.29 is 21.2 Å². The largest absolute Gasteiger partial charge is 0.309 e. The number of rotatable bonds is 8. The highest BCUT2D eigenvalue weighted by Gasteiger charge is 2.33. The highest BCUT2D eigenvalue weighted by Crippen LogP contribution is 2.38. The van der Waals surface area contributed by atoms with Crippen LogP contribution in [0.5, 0.6) is 0 Å². The second kappa shape index (κ2) is 10.4. The Kier molecular flexibility index (Phi) is 6.76. The van der Waals surface area contributed by atoms with E-state index in [1.165, 1.54) is 12.1 Å². The van der Waals surface area contributed by atoms with Crippen molar-refractivity contribution in [1.82, 2.24) is 14.5 Å². The first-order valence-corrected chi connectivity index (χ1v) is 15.6. The van der Waals surface area contributed by atoms with Gasteiger partial charge in [-0.05, 0) is 60.5 Å². The summed E-state index contributed by atoms with van der Waals surface area (Å²) >= 11 is 0. The molecular formula is C30H23FN4O4S2. The highest BCUT2D eigenvalue weighted by atomic mass is 32.2. The summed E-state index contributed by atoms with van der Waals surface area (Å²) in [7, 11) is -8.65. The van der Waals surface area contributed by atoms with E-state index in [4.69, 9.17) is 4.98 Å². The average molecular weight is 587 g/mol. The number of para-hydroxylation sites is 2. The number of hydrogen-bond donors (Lipinski definition) is 1. The van der Waals surface area contributed by atoms with Gasteiger partial charge in [0.1, 0.15) is 22.0 Å². The normalized spacial score (nSPS) is 12.1. The van der Waals surface area contributed by atoms with Crippen LogP contribution >= 0.6 is 0 Å². The number of anilines is 1. The second-order valence-electron chi connectivity index (χ2n) is 9.33. The molecule has 0 aliphatic carbocycles. The zero-order chi connectivity index (χ0) is 28.6. The van der Waals surface area contributed by atoms with Crippen LogP contribution in [0.4, 0.5) is 10.2 Å². The summed E-state index contributed by atoms with van der Waals surface area (Å²) in [5.74, 6) is -0.798. The van der Waals surface area contributed by atoms with Gasteiger partial charge in [-0.2, -0.15) is 0 Å². The van der Waals surface area contributed by atoms with Gasteiger partial charge in [0.05, 0.1) is 20.8 Å². The molecule has 1 N–H and O–H groups in total. The minimum Gasteiger partial charge on any atom is -0.309 e. The van der Waals surface area contributed by atoms with E-state index in [2.05, 4.69) is 9.71 Å². The molecule has 41 heavy (non-hydrogen) atoms. The number of nitrogens with zero attached hydrogens (tertiary/aromatic N) is 3. The first-order chi connectivity index (χ1) is 19.7. The highest BCUT2D eigenvalue weighted by molar-refractivity contribution is 7.93. The second-order valence-corrected chi connectivity index (χ2v) is 12.9. The first kappa shape index (κ1) is 26.6. The zero-order valence-corrected chi connectivity index (χ0v) is 23.1. The number of aryl methyl sites for hydroxylation is 2. The Labute approximate surface area is 236 Å². The van der Waals surface area contributed by atoms with Crippen molar-refractivity contribution in [1.29, 1.82) is 0 Å². The molecule has 0 saturated carbocycles. The summed E-state index contributed by atoms with van der Waals surface area (Å²) in [4.78, 5) is 8.85. The molecule has 6 rings (SSSR count). The Morgan fingerprint density at radius 2 is 1.27 bits per heavy atom. The molecule has 4 aromatic carbocycles. The summed E-state index contributed by atoms with van der Waals surface area (Å²) in [5, 5.41) is 0. The summed E-state index contributed by atoms with van der Waals surface area (Å²) in [6.07, 6.45) is 0.454. The molecule has 2 heterocycles. The van der Waals surface area contributed by atoms with Crippen LogP contribution in [0.2, 0.25) is 0 Å². The van der Waals surface area contributed by atoms with Gasteiger partial charge in [-0.15, -0.1) is 0 Å². The van der Waals surface area contributed by atoms with Crippen LogP contribution in [0.15, 0.2) is 124 Å². The zero-order valence-electron chi connectivity index (χ0n) is 21.5. The molecule has 0 amide bonds. The predicted octanol–water partition coefficient (Wildman–Crippen LogP) is 5.60. The standard InChI is InChI=1S/C30H23FN4O4S2/c31-22-15-17-24(18-16-22)41(38,39)34-30-28(40(36,37)23-11-5-2-6-12-23)27-29(33-26-14-8-7-13-25(26)32-27)35(30)20-19-21-9-3-1-4-10-21/h1-18,34H,19-20H2. The lowest BCUT2D eigenvalue weighted by Crippen LogP contribution is -2.19. The van der Waals surface area contributed by atoms with Crippen LogP contribution in [-0.4, -0.2) is 31.4 Å². The van der Waals surface area contributed by atoms with Gasteiger partial charge < -0.3 is 4.57 Å².